The van der Waals surface area contributed by atoms with E-state index in [-0.39, 0.29) is 35.0 Å². The number of phenolic OH excluding ortho intramolecular Hbond substituents is 1. The van der Waals surface area contributed by atoms with Gasteiger partial charge in [0.1, 0.15) is 5.75 Å². The molecule has 1 fully saturated rings. The first-order chi connectivity index (χ1) is 12.8. The number of ketones is 1. The van der Waals surface area contributed by atoms with Gasteiger partial charge in [-0.2, -0.15) is 0 Å². The second kappa shape index (κ2) is 7.61. The number of carbonyl (C=O) groups excluding carboxylic acids is 3. The van der Waals surface area contributed by atoms with Crippen molar-refractivity contribution in [1.29, 1.82) is 0 Å². The Balaban J connectivity index is 1.82. The number of nitrogens with one attached hydrogen (secondary N) is 1. The van der Waals surface area contributed by atoms with Gasteiger partial charge in [0.15, 0.2) is 5.78 Å². The average Bonchev–Trinajstić information content (AvgIpc) is 3.09. The summed E-state index contributed by atoms with van der Waals surface area (Å²) in [5.74, 6) is -0.456. The van der Waals surface area contributed by atoms with Crippen LogP contribution in [0.5, 0.6) is 5.75 Å². The lowest BCUT2D eigenvalue weighted by Gasteiger charge is -2.17. The predicted octanol–water partition coefficient (Wildman–Crippen LogP) is 2.61. The van der Waals surface area contributed by atoms with Gasteiger partial charge in [0, 0.05) is 31.6 Å². The zero-order chi connectivity index (χ0) is 19.6. The van der Waals surface area contributed by atoms with Gasteiger partial charge in [0.2, 0.25) is 5.91 Å². The van der Waals surface area contributed by atoms with Crippen molar-refractivity contribution in [3.8, 4) is 16.9 Å². The zero-order valence-corrected chi connectivity index (χ0v) is 15.4. The molecule has 0 radical (unpaired) electrons. The molecule has 140 valence electrons. The van der Waals surface area contributed by atoms with E-state index in [1.165, 1.54) is 19.9 Å². The molecule has 0 saturated carbocycles. The highest BCUT2D eigenvalue weighted by Crippen LogP contribution is 2.27. The molecule has 0 spiro atoms. The third-order valence-corrected chi connectivity index (χ3v) is 4.70. The number of likely N-dealkylation sites (tertiary alicyclic amines) is 1. The maximum absolute atomic E-state index is 12.8. The standard InChI is InChI=1S/C21H22N2O4/c1-13(24)19-11-16(6-7-20(19)26)15-4-3-5-17(10-15)21(27)23-9-8-18(12-23)22-14(2)25/h3-7,10-11,18,26H,8-9,12H2,1-2H3,(H,22,25). The lowest BCUT2D eigenvalue weighted by Crippen LogP contribution is -2.37. The summed E-state index contributed by atoms with van der Waals surface area (Å²) in [6.45, 7) is 3.97. The topological polar surface area (TPSA) is 86.7 Å². The number of phenols is 1. The summed E-state index contributed by atoms with van der Waals surface area (Å²) in [5, 5.41) is 12.7. The van der Waals surface area contributed by atoms with Gasteiger partial charge in [-0.15, -0.1) is 0 Å². The second-order valence-corrected chi connectivity index (χ2v) is 6.81. The van der Waals surface area contributed by atoms with Crippen LogP contribution in [-0.2, 0) is 4.79 Å². The lowest BCUT2D eigenvalue weighted by molar-refractivity contribution is -0.119. The van der Waals surface area contributed by atoms with Crippen LogP contribution in [0.15, 0.2) is 42.5 Å². The number of amides is 2. The maximum atomic E-state index is 12.8. The minimum absolute atomic E-state index is 0.00939. The summed E-state index contributed by atoms with van der Waals surface area (Å²) in [4.78, 5) is 37.4. The SMILES string of the molecule is CC(=O)NC1CCN(C(=O)c2cccc(-c3ccc(O)c(C(C)=O)c3)c2)C1. The minimum atomic E-state index is -0.220. The third-order valence-electron chi connectivity index (χ3n) is 4.70. The molecule has 0 bridgehead atoms. The van der Waals surface area contributed by atoms with Gasteiger partial charge < -0.3 is 15.3 Å². The highest BCUT2D eigenvalue weighted by Gasteiger charge is 2.27. The van der Waals surface area contributed by atoms with E-state index < -0.39 is 0 Å². The summed E-state index contributed by atoms with van der Waals surface area (Å²) >= 11 is 0. The molecule has 2 aromatic carbocycles. The van der Waals surface area contributed by atoms with Gasteiger partial charge in [-0.3, -0.25) is 14.4 Å². The Morgan fingerprint density at radius 1 is 1.07 bits per heavy atom. The summed E-state index contributed by atoms with van der Waals surface area (Å²) in [7, 11) is 0. The zero-order valence-electron chi connectivity index (χ0n) is 15.4. The first-order valence-electron chi connectivity index (χ1n) is 8.86. The molecule has 0 aromatic heterocycles. The Kier molecular flexibility index (Phi) is 5.26. The van der Waals surface area contributed by atoms with Crippen LogP contribution < -0.4 is 5.32 Å². The third kappa shape index (κ3) is 4.16. The van der Waals surface area contributed by atoms with Crippen molar-refractivity contribution in [3.05, 3.63) is 53.6 Å². The van der Waals surface area contributed by atoms with E-state index in [0.29, 0.717) is 18.7 Å². The number of hydrogen-bond acceptors (Lipinski definition) is 4. The van der Waals surface area contributed by atoms with Crippen LogP contribution in [0.25, 0.3) is 11.1 Å². The number of carbonyl (C=O) groups is 3. The van der Waals surface area contributed by atoms with Crippen LogP contribution in [0.4, 0.5) is 0 Å². The fraction of sp³-hybridized carbons (Fsp3) is 0.286. The van der Waals surface area contributed by atoms with E-state index in [9.17, 15) is 19.5 Å². The molecule has 1 unspecified atom stereocenters. The van der Waals surface area contributed by atoms with Crippen molar-refractivity contribution in [3.63, 3.8) is 0 Å². The van der Waals surface area contributed by atoms with Crippen LogP contribution in [0.2, 0.25) is 0 Å². The number of Topliss-reactive ketones (excluding diaryl/α,β-unsaturated/α-hetero) is 1. The smallest absolute Gasteiger partial charge is 0.253 e. The van der Waals surface area contributed by atoms with Crippen molar-refractivity contribution in [1.82, 2.24) is 10.2 Å². The number of nitrogens with zero attached hydrogens (tertiary/aromatic N) is 1. The van der Waals surface area contributed by atoms with Crippen LogP contribution in [0, 0.1) is 0 Å². The Morgan fingerprint density at radius 3 is 2.52 bits per heavy atom. The fourth-order valence-corrected chi connectivity index (χ4v) is 3.36. The van der Waals surface area contributed by atoms with Crippen molar-refractivity contribution in [2.24, 2.45) is 0 Å². The largest absolute Gasteiger partial charge is 0.507 e. The van der Waals surface area contributed by atoms with Crippen LogP contribution in [0.1, 0.15) is 41.0 Å². The molecular formula is C21H22N2O4. The molecule has 1 aliphatic heterocycles. The van der Waals surface area contributed by atoms with E-state index >= 15 is 0 Å². The first kappa shape index (κ1) is 18.6. The molecule has 2 N–H and O–H groups in total. The van der Waals surface area contributed by atoms with E-state index in [1.807, 2.05) is 6.07 Å². The Labute approximate surface area is 157 Å². The lowest BCUT2D eigenvalue weighted by atomic mass is 9.99. The first-order valence-corrected chi connectivity index (χ1v) is 8.86. The molecule has 3 rings (SSSR count). The van der Waals surface area contributed by atoms with E-state index in [1.54, 1.807) is 35.2 Å². The normalized spacial score (nSPS) is 16.2. The Morgan fingerprint density at radius 2 is 1.81 bits per heavy atom. The van der Waals surface area contributed by atoms with E-state index in [0.717, 1.165) is 17.5 Å². The Bertz CT molecular complexity index is 907. The van der Waals surface area contributed by atoms with Gasteiger partial charge in [-0.05, 0) is 48.7 Å². The van der Waals surface area contributed by atoms with E-state index in [4.69, 9.17) is 0 Å². The van der Waals surface area contributed by atoms with Gasteiger partial charge in [-0.1, -0.05) is 18.2 Å². The number of hydrogen-bond donors (Lipinski definition) is 2. The minimum Gasteiger partial charge on any atom is -0.507 e. The highest BCUT2D eigenvalue weighted by atomic mass is 16.3. The molecule has 2 amide bonds. The van der Waals surface area contributed by atoms with Crippen LogP contribution in [0.3, 0.4) is 0 Å². The van der Waals surface area contributed by atoms with Crippen molar-refractivity contribution in [2.75, 3.05) is 13.1 Å². The molecule has 1 saturated heterocycles. The van der Waals surface area contributed by atoms with Crippen LogP contribution in [-0.4, -0.2) is 46.7 Å². The van der Waals surface area contributed by atoms with Gasteiger partial charge in [-0.25, -0.2) is 0 Å². The molecule has 27 heavy (non-hydrogen) atoms. The molecule has 2 aromatic rings. The monoisotopic (exact) mass is 366 g/mol. The van der Waals surface area contributed by atoms with Gasteiger partial charge in [0.25, 0.3) is 5.91 Å². The molecule has 6 heteroatoms. The van der Waals surface area contributed by atoms with Gasteiger partial charge in [0.05, 0.1) is 5.56 Å². The number of aromatic hydroxyl groups is 1. The van der Waals surface area contributed by atoms with Crippen molar-refractivity contribution >= 4 is 17.6 Å². The Hall–Kier alpha value is -3.15. The summed E-state index contributed by atoms with van der Waals surface area (Å²) in [6.07, 6.45) is 0.741. The molecule has 1 heterocycles. The molecule has 0 aliphatic carbocycles. The van der Waals surface area contributed by atoms with Gasteiger partial charge >= 0.3 is 0 Å². The molecular weight excluding hydrogens is 344 g/mol. The predicted molar refractivity (Wildman–Crippen MR) is 102 cm³/mol. The maximum Gasteiger partial charge on any atom is 0.253 e. The van der Waals surface area contributed by atoms with E-state index in [2.05, 4.69) is 5.32 Å². The fourth-order valence-electron chi connectivity index (χ4n) is 3.36. The summed E-state index contributed by atoms with van der Waals surface area (Å²) < 4.78 is 0. The van der Waals surface area contributed by atoms with Crippen LogP contribution >= 0.6 is 0 Å². The molecule has 1 aliphatic rings. The van der Waals surface area contributed by atoms with Crippen molar-refractivity contribution in [2.45, 2.75) is 26.3 Å². The number of benzene rings is 2. The summed E-state index contributed by atoms with van der Waals surface area (Å²) in [6, 6.07) is 12.0. The summed E-state index contributed by atoms with van der Waals surface area (Å²) in [5.41, 5.74) is 2.35. The second-order valence-electron chi connectivity index (χ2n) is 6.81. The quantitative estimate of drug-likeness (QED) is 0.815. The van der Waals surface area contributed by atoms with Crippen molar-refractivity contribution < 1.29 is 19.5 Å². The highest BCUT2D eigenvalue weighted by molar-refractivity contribution is 5.99. The average molecular weight is 366 g/mol. The number of rotatable bonds is 4. The molecule has 6 nitrogen and oxygen atoms in total. The molecule has 1 atom stereocenters.